The first-order valence-corrected chi connectivity index (χ1v) is 12.0. The van der Waals surface area contributed by atoms with Crippen LogP contribution in [0, 0.1) is 5.92 Å². The highest BCUT2D eigenvalue weighted by atomic mass is 32.1. The number of fused-ring (bicyclic) bond motifs is 1. The monoisotopic (exact) mass is 460 g/mol. The molecule has 0 radical (unpaired) electrons. The smallest absolute Gasteiger partial charge is 0.240 e. The molecule has 3 aliphatic heterocycles. The Balaban J connectivity index is 1.27. The molecule has 2 aromatic heterocycles. The number of ketones is 1. The maximum absolute atomic E-state index is 13.2. The first kappa shape index (κ1) is 21.7. The molecular weight excluding hydrogens is 432 g/mol. The molecule has 32 heavy (non-hydrogen) atoms. The van der Waals surface area contributed by atoms with Crippen LogP contribution in [0.4, 0.5) is 5.13 Å². The Morgan fingerprint density at radius 1 is 1.16 bits per heavy atom. The number of carbonyl (C=O) groups excluding carboxylic acids is 2. The van der Waals surface area contributed by atoms with E-state index in [1.54, 1.807) is 18.4 Å². The number of aromatic nitrogens is 1. The van der Waals surface area contributed by atoms with Crippen molar-refractivity contribution in [2.75, 3.05) is 64.5 Å². The average molecular weight is 461 g/mol. The van der Waals surface area contributed by atoms with E-state index in [1.807, 2.05) is 0 Å². The molecule has 0 aromatic carbocycles. The van der Waals surface area contributed by atoms with Gasteiger partial charge in [-0.15, -0.1) is 0 Å². The minimum Gasteiger partial charge on any atom is -0.463 e. The molecule has 3 fully saturated rings. The molecule has 3 saturated heterocycles. The van der Waals surface area contributed by atoms with Crippen molar-refractivity contribution in [2.24, 2.45) is 5.92 Å². The number of piperazine rings is 1. The van der Waals surface area contributed by atoms with Crippen LogP contribution in [-0.2, 0) is 14.3 Å². The van der Waals surface area contributed by atoms with E-state index in [2.05, 4.69) is 20.1 Å². The summed E-state index contributed by atoms with van der Waals surface area (Å²) in [5.74, 6) is 0.368. The Hall–Kier alpha value is -2.11. The number of morpholine rings is 1. The minimum atomic E-state index is -0.125. The number of nitrogens with zero attached hydrogens (tertiary/aromatic N) is 3. The Morgan fingerprint density at radius 3 is 2.84 bits per heavy atom. The number of hydrogen-bond donors (Lipinski definition) is 1. The van der Waals surface area contributed by atoms with Crippen LogP contribution in [0.5, 0.6) is 0 Å². The van der Waals surface area contributed by atoms with Crippen molar-refractivity contribution < 1.29 is 23.5 Å². The summed E-state index contributed by atoms with van der Waals surface area (Å²) in [5.41, 5.74) is 0.500. The zero-order chi connectivity index (χ0) is 21.9. The molecular formula is C22H28N4O5S. The van der Waals surface area contributed by atoms with Crippen LogP contribution in [0.1, 0.15) is 22.5 Å². The van der Waals surface area contributed by atoms with Gasteiger partial charge in [0.25, 0.3) is 0 Å². The third-order valence-electron chi connectivity index (χ3n) is 6.33. The molecule has 1 unspecified atom stereocenters. The maximum Gasteiger partial charge on any atom is 0.240 e. The Morgan fingerprint density at radius 2 is 2.03 bits per heavy atom. The molecule has 5 rings (SSSR count). The summed E-state index contributed by atoms with van der Waals surface area (Å²) in [7, 11) is 0. The van der Waals surface area contributed by atoms with Gasteiger partial charge < -0.3 is 19.2 Å². The first-order valence-electron chi connectivity index (χ1n) is 11.2. The van der Waals surface area contributed by atoms with Crippen molar-refractivity contribution >= 4 is 28.2 Å². The number of hydrogen-bond acceptors (Lipinski definition) is 9. The van der Waals surface area contributed by atoms with E-state index in [-0.39, 0.29) is 17.6 Å². The number of anilines is 1. The minimum absolute atomic E-state index is 0.0473. The van der Waals surface area contributed by atoms with Crippen LogP contribution in [0.2, 0.25) is 0 Å². The third-order valence-corrected chi connectivity index (χ3v) is 7.32. The van der Waals surface area contributed by atoms with Gasteiger partial charge in [-0.3, -0.25) is 19.4 Å². The zero-order valence-corrected chi connectivity index (χ0v) is 18.8. The van der Waals surface area contributed by atoms with Crippen LogP contribution in [-0.4, -0.2) is 91.7 Å². The average Bonchev–Trinajstić information content (AvgIpc) is 3.49. The van der Waals surface area contributed by atoms with E-state index < -0.39 is 0 Å². The van der Waals surface area contributed by atoms with Gasteiger partial charge in [-0.05, 0) is 25.0 Å². The van der Waals surface area contributed by atoms with Crippen LogP contribution in [0.3, 0.4) is 0 Å². The van der Waals surface area contributed by atoms with Gasteiger partial charge in [0.1, 0.15) is 10.6 Å². The molecule has 5 heterocycles. The topological polar surface area (TPSA) is 97.1 Å². The van der Waals surface area contributed by atoms with Crippen molar-refractivity contribution in [2.45, 2.75) is 18.9 Å². The second-order valence-electron chi connectivity index (χ2n) is 8.47. The number of ether oxygens (including phenoxy) is 2. The predicted molar refractivity (Wildman–Crippen MR) is 119 cm³/mol. The van der Waals surface area contributed by atoms with Crippen molar-refractivity contribution in [3.8, 4) is 11.5 Å². The summed E-state index contributed by atoms with van der Waals surface area (Å²) >= 11 is 1.23. The maximum atomic E-state index is 13.2. The molecule has 1 atom stereocenters. The zero-order valence-electron chi connectivity index (χ0n) is 18.0. The summed E-state index contributed by atoms with van der Waals surface area (Å²) in [6.45, 7) is 6.56. The molecule has 3 aliphatic rings. The van der Waals surface area contributed by atoms with Crippen LogP contribution in [0.25, 0.3) is 11.5 Å². The third kappa shape index (κ3) is 4.79. The lowest BCUT2D eigenvalue weighted by molar-refractivity contribution is -0.119. The number of nitrogens with one attached hydrogen (secondary N) is 1. The molecule has 0 saturated carbocycles. The molecule has 1 amide bonds. The van der Waals surface area contributed by atoms with E-state index in [0.29, 0.717) is 60.1 Å². The fourth-order valence-electron chi connectivity index (χ4n) is 4.58. The number of furan rings is 1. The van der Waals surface area contributed by atoms with Gasteiger partial charge >= 0.3 is 0 Å². The summed E-state index contributed by atoms with van der Waals surface area (Å²) in [6, 6.07) is 3.90. The number of amides is 1. The fraction of sp³-hybridized carbons (Fsp3) is 0.591. The van der Waals surface area contributed by atoms with Crippen molar-refractivity contribution in [1.29, 1.82) is 0 Å². The van der Waals surface area contributed by atoms with Gasteiger partial charge in [-0.25, -0.2) is 4.98 Å². The van der Waals surface area contributed by atoms with E-state index in [4.69, 9.17) is 13.9 Å². The summed E-state index contributed by atoms with van der Waals surface area (Å²) in [5, 5.41) is 3.33. The normalized spacial score (nSPS) is 23.1. The highest BCUT2D eigenvalue weighted by Gasteiger charge is 2.31. The van der Waals surface area contributed by atoms with Crippen molar-refractivity contribution in [3.05, 3.63) is 23.3 Å². The molecule has 9 nitrogen and oxygen atoms in total. The number of carbonyl (C=O) groups is 2. The largest absolute Gasteiger partial charge is 0.463 e. The van der Waals surface area contributed by atoms with Gasteiger partial charge in [0, 0.05) is 51.4 Å². The second-order valence-corrected chi connectivity index (χ2v) is 9.47. The highest BCUT2D eigenvalue weighted by Crippen LogP contribution is 2.35. The molecule has 1 N–H and O–H groups in total. The molecule has 0 aliphatic carbocycles. The van der Waals surface area contributed by atoms with Gasteiger partial charge in [-0.1, -0.05) is 11.3 Å². The van der Waals surface area contributed by atoms with Crippen LogP contribution < -0.4 is 5.32 Å². The standard InChI is InChI=1S/C22H28N4O5S/c27-18(13-25-5-6-26-7-11-30-14-16(26)12-25)23-22-24-19(17-2-1-8-31-17)21(32-22)20(28)15-3-9-29-10-4-15/h1-2,8,15-16H,3-7,9-14H2,(H,23,24,27). The van der Waals surface area contributed by atoms with Gasteiger partial charge in [0.15, 0.2) is 16.7 Å². The Kier molecular flexibility index (Phi) is 6.65. The Labute approximate surface area is 190 Å². The fourth-order valence-corrected chi connectivity index (χ4v) is 5.59. The van der Waals surface area contributed by atoms with Gasteiger partial charge in [-0.2, -0.15) is 0 Å². The first-order chi connectivity index (χ1) is 15.7. The van der Waals surface area contributed by atoms with E-state index >= 15 is 0 Å². The number of rotatable bonds is 6. The Bertz CT molecular complexity index is 940. The van der Waals surface area contributed by atoms with Crippen LogP contribution in [0.15, 0.2) is 22.8 Å². The summed E-state index contributed by atoms with van der Waals surface area (Å²) in [4.78, 5) is 35.6. The quantitative estimate of drug-likeness (QED) is 0.654. The SMILES string of the molecule is O=C(CN1CCN2CCOCC2C1)Nc1nc(-c2ccco2)c(C(=O)C2CCOCC2)s1. The van der Waals surface area contributed by atoms with Gasteiger partial charge in [0.05, 0.1) is 26.0 Å². The highest BCUT2D eigenvalue weighted by molar-refractivity contribution is 7.18. The lowest BCUT2D eigenvalue weighted by Gasteiger charge is -2.43. The lowest BCUT2D eigenvalue weighted by Crippen LogP contribution is -2.58. The van der Waals surface area contributed by atoms with E-state index in [9.17, 15) is 9.59 Å². The van der Waals surface area contributed by atoms with Crippen molar-refractivity contribution in [3.63, 3.8) is 0 Å². The summed E-state index contributed by atoms with van der Waals surface area (Å²) < 4.78 is 16.5. The van der Waals surface area contributed by atoms with Gasteiger partial charge in [0.2, 0.25) is 5.91 Å². The molecule has 10 heteroatoms. The molecule has 2 aromatic rings. The number of Topliss-reactive ketones (excluding diaryl/α,β-unsaturated/α-hetero) is 1. The lowest BCUT2D eigenvalue weighted by atomic mass is 9.94. The molecule has 172 valence electrons. The van der Waals surface area contributed by atoms with E-state index in [0.717, 1.165) is 39.4 Å². The molecule has 0 bridgehead atoms. The van der Waals surface area contributed by atoms with Crippen molar-refractivity contribution in [1.82, 2.24) is 14.8 Å². The summed E-state index contributed by atoms with van der Waals surface area (Å²) in [6.07, 6.45) is 2.96. The number of thiazole rings is 1. The van der Waals surface area contributed by atoms with E-state index in [1.165, 1.54) is 11.3 Å². The second kappa shape index (κ2) is 9.80. The molecule has 0 spiro atoms. The van der Waals surface area contributed by atoms with Crippen LogP contribution >= 0.6 is 11.3 Å². The predicted octanol–water partition coefficient (Wildman–Crippen LogP) is 1.97.